The average molecular weight is 303 g/mol. The Labute approximate surface area is 128 Å². The fraction of sp³-hybridized carbons (Fsp3) is 0.235. The van der Waals surface area contributed by atoms with Crippen LogP contribution in [0.5, 0.6) is 5.75 Å². The number of ether oxygens (including phenoxy) is 1. The van der Waals surface area contributed by atoms with E-state index in [1.807, 2.05) is 30.3 Å². The molecule has 2 rings (SSSR count). The van der Waals surface area contributed by atoms with E-state index in [0.717, 1.165) is 5.56 Å². The Bertz CT molecular complexity index is 604. The first-order chi connectivity index (χ1) is 10.7. The fourth-order valence-electron chi connectivity index (χ4n) is 2.03. The van der Waals surface area contributed by atoms with Crippen LogP contribution in [0.1, 0.15) is 5.56 Å². The molecule has 5 heteroatoms. The number of carbonyl (C=O) groups excluding carboxylic acids is 1. The van der Waals surface area contributed by atoms with Crippen molar-refractivity contribution in [3.05, 3.63) is 66.0 Å². The molecule has 0 heterocycles. The van der Waals surface area contributed by atoms with Gasteiger partial charge in [-0.2, -0.15) is 0 Å². The van der Waals surface area contributed by atoms with E-state index < -0.39 is 17.8 Å². The Morgan fingerprint density at radius 1 is 1.14 bits per heavy atom. The maximum Gasteiger partial charge on any atom is 0.258 e. The lowest BCUT2D eigenvalue weighted by atomic mass is 10.1. The summed E-state index contributed by atoms with van der Waals surface area (Å²) in [7, 11) is 0. The number of hydrogen-bond acceptors (Lipinski definition) is 3. The molecule has 2 aromatic carbocycles. The van der Waals surface area contributed by atoms with Gasteiger partial charge in [0.1, 0.15) is 0 Å². The molecule has 4 nitrogen and oxygen atoms in total. The number of benzene rings is 2. The van der Waals surface area contributed by atoms with Gasteiger partial charge in [-0.25, -0.2) is 4.39 Å². The highest BCUT2D eigenvalue weighted by Crippen LogP contribution is 2.14. The Hall–Kier alpha value is -2.40. The number of para-hydroxylation sites is 1. The zero-order valence-electron chi connectivity index (χ0n) is 12.0. The lowest BCUT2D eigenvalue weighted by molar-refractivity contribution is -0.124. The van der Waals surface area contributed by atoms with E-state index in [1.54, 1.807) is 12.1 Å². The van der Waals surface area contributed by atoms with Gasteiger partial charge in [0.15, 0.2) is 18.2 Å². The molecule has 0 fully saturated rings. The first-order valence-corrected chi connectivity index (χ1v) is 7.00. The molecule has 0 aliphatic heterocycles. The minimum absolute atomic E-state index is 0.0289. The molecule has 116 valence electrons. The van der Waals surface area contributed by atoms with Crippen molar-refractivity contribution >= 4 is 5.91 Å². The number of aliphatic hydroxyl groups is 1. The maximum atomic E-state index is 13.4. The molecule has 1 atom stereocenters. The lowest BCUT2D eigenvalue weighted by Gasteiger charge is -2.16. The van der Waals surface area contributed by atoms with E-state index in [2.05, 4.69) is 5.32 Å². The maximum absolute atomic E-state index is 13.4. The van der Waals surface area contributed by atoms with Gasteiger partial charge in [-0.05, 0) is 24.1 Å². The van der Waals surface area contributed by atoms with Crippen molar-refractivity contribution in [2.45, 2.75) is 12.5 Å². The third kappa shape index (κ3) is 4.86. The third-order valence-corrected chi connectivity index (χ3v) is 3.11. The molecule has 0 saturated carbocycles. The monoisotopic (exact) mass is 303 g/mol. The molecule has 0 aliphatic carbocycles. The Morgan fingerprint density at radius 3 is 2.50 bits per heavy atom. The van der Waals surface area contributed by atoms with E-state index in [0.29, 0.717) is 6.42 Å². The van der Waals surface area contributed by atoms with Crippen LogP contribution in [0.4, 0.5) is 4.39 Å². The lowest BCUT2D eigenvalue weighted by Crippen LogP contribution is -2.41. The molecular weight excluding hydrogens is 285 g/mol. The topological polar surface area (TPSA) is 58.6 Å². The van der Waals surface area contributed by atoms with E-state index >= 15 is 0 Å². The van der Waals surface area contributed by atoms with Gasteiger partial charge in [-0.1, -0.05) is 42.5 Å². The average Bonchev–Trinajstić information content (AvgIpc) is 2.54. The number of rotatable bonds is 7. The van der Waals surface area contributed by atoms with Gasteiger partial charge in [-0.15, -0.1) is 0 Å². The molecule has 1 amide bonds. The SMILES string of the molecule is O=C(COc1ccccc1F)NC(CO)Cc1ccccc1. The summed E-state index contributed by atoms with van der Waals surface area (Å²) >= 11 is 0. The zero-order chi connectivity index (χ0) is 15.8. The Kier molecular flexibility index (Phi) is 5.91. The predicted octanol–water partition coefficient (Wildman–Crippen LogP) is 1.92. The van der Waals surface area contributed by atoms with Gasteiger partial charge in [0, 0.05) is 0 Å². The number of amides is 1. The first kappa shape index (κ1) is 16.0. The van der Waals surface area contributed by atoms with Gasteiger partial charge < -0.3 is 15.2 Å². The molecule has 22 heavy (non-hydrogen) atoms. The van der Waals surface area contributed by atoms with Crippen molar-refractivity contribution in [2.24, 2.45) is 0 Å². The second-order valence-electron chi connectivity index (χ2n) is 4.86. The molecule has 0 bridgehead atoms. The molecule has 0 spiro atoms. The highest BCUT2D eigenvalue weighted by atomic mass is 19.1. The highest BCUT2D eigenvalue weighted by molar-refractivity contribution is 5.77. The van der Waals surface area contributed by atoms with Gasteiger partial charge in [0.25, 0.3) is 5.91 Å². The standard InChI is InChI=1S/C17H18FNO3/c18-15-8-4-5-9-16(15)22-12-17(21)19-14(11-20)10-13-6-2-1-3-7-13/h1-9,14,20H,10-12H2,(H,19,21). The summed E-state index contributed by atoms with van der Waals surface area (Å²) in [5, 5.41) is 12.0. The zero-order valence-corrected chi connectivity index (χ0v) is 12.0. The first-order valence-electron chi connectivity index (χ1n) is 7.00. The Balaban J connectivity index is 1.83. The summed E-state index contributed by atoms with van der Waals surface area (Å²) < 4.78 is 18.5. The summed E-state index contributed by atoms with van der Waals surface area (Å²) in [5.41, 5.74) is 1.01. The van der Waals surface area contributed by atoms with Crippen molar-refractivity contribution in [2.75, 3.05) is 13.2 Å². The quantitative estimate of drug-likeness (QED) is 0.821. The van der Waals surface area contributed by atoms with Crippen molar-refractivity contribution in [1.82, 2.24) is 5.32 Å². The van der Waals surface area contributed by atoms with Gasteiger partial charge in [0.05, 0.1) is 12.6 Å². The number of carbonyl (C=O) groups is 1. The van der Waals surface area contributed by atoms with E-state index in [-0.39, 0.29) is 19.0 Å². The molecule has 0 saturated heterocycles. The van der Waals surface area contributed by atoms with E-state index in [9.17, 15) is 14.3 Å². The molecule has 0 radical (unpaired) electrons. The van der Waals surface area contributed by atoms with Crippen LogP contribution in [-0.2, 0) is 11.2 Å². The van der Waals surface area contributed by atoms with Crippen molar-refractivity contribution in [3.8, 4) is 5.75 Å². The van der Waals surface area contributed by atoms with Crippen molar-refractivity contribution in [1.29, 1.82) is 0 Å². The van der Waals surface area contributed by atoms with Crippen LogP contribution in [0, 0.1) is 5.82 Å². The highest BCUT2D eigenvalue weighted by Gasteiger charge is 2.13. The predicted molar refractivity (Wildman–Crippen MR) is 81.1 cm³/mol. The minimum Gasteiger partial charge on any atom is -0.481 e. The summed E-state index contributed by atoms with van der Waals surface area (Å²) in [4.78, 5) is 11.8. The number of hydrogen-bond donors (Lipinski definition) is 2. The van der Waals surface area contributed by atoms with Crippen LogP contribution in [0.25, 0.3) is 0 Å². The number of halogens is 1. The van der Waals surface area contributed by atoms with Crippen LogP contribution in [0.3, 0.4) is 0 Å². The molecular formula is C17H18FNO3. The van der Waals surface area contributed by atoms with Crippen LogP contribution in [-0.4, -0.2) is 30.3 Å². The molecule has 2 aromatic rings. The van der Waals surface area contributed by atoms with Crippen LogP contribution in [0.2, 0.25) is 0 Å². The summed E-state index contributed by atoms with van der Waals surface area (Å²) in [6.07, 6.45) is 0.517. The van der Waals surface area contributed by atoms with E-state index in [1.165, 1.54) is 12.1 Å². The summed E-state index contributed by atoms with van der Waals surface area (Å²) in [5.74, 6) is -0.891. The Morgan fingerprint density at radius 2 is 1.82 bits per heavy atom. The number of aliphatic hydroxyl groups excluding tert-OH is 1. The number of nitrogens with one attached hydrogen (secondary N) is 1. The fourth-order valence-corrected chi connectivity index (χ4v) is 2.03. The van der Waals surface area contributed by atoms with Gasteiger partial charge >= 0.3 is 0 Å². The molecule has 2 N–H and O–H groups in total. The van der Waals surface area contributed by atoms with Gasteiger partial charge in [0.2, 0.25) is 0 Å². The second kappa shape index (κ2) is 8.14. The second-order valence-corrected chi connectivity index (χ2v) is 4.86. The van der Waals surface area contributed by atoms with Crippen LogP contribution < -0.4 is 10.1 Å². The van der Waals surface area contributed by atoms with Crippen molar-refractivity contribution < 1.29 is 19.0 Å². The van der Waals surface area contributed by atoms with Gasteiger partial charge in [-0.3, -0.25) is 4.79 Å². The third-order valence-electron chi connectivity index (χ3n) is 3.11. The minimum atomic E-state index is -0.515. The van der Waals surface area contributed by atoms with Crippen LogP contribution in [0.15, 0.2) is 54.6 Å². The smallest absolute Gasteiger partial charge is 0.258 e. The summed E-state index contributed by atoms with van der Waals surface area (Å²) in [6, 6.07) is 15.0. The van der Waals surface area contributed by atoms with E-state index in [4.69, 9.17) is 4.74 Å². The molecule has 0 aromatic heterocycles. The van der Waals surface area contributed by atoms with Crippen LogP contribution >= 0.6 is 0 Å². The summed E-state index contributed by atoms with van der Waals surface area (Å²) in [6.45, 7) is -0.480. The molecule has 0 aliphatic rings. The largest absolute Gasteiger partial charge is 0.481 e. The molecule has 1 unspecified atom stereocenters. The van der Waals surface area contributed by atoms with Crippen molar-refractivity contribution in [3.63, 3.8) is 0 Å². The normalized spacial score (nSPS) is 11.7.